The van der Waals surface area contributed by atoms with Gasteiger partial charge in [0.15, 0.2) is 0 Å². The molecule has 1 aromatic heterocycles. The largest absolute Gasteiger partial charge is 0.308 e. The Morgan fingerprint density at radius 1 is 1.21 bits per heavy atom. The van der Waals surface area contributed by atoms with Crippen LogP contribution in [0, 0.1) is 10.1 Å². The van der Waals surface area contributed by atoms with Crippen LogP contribution >= 0.6 is 0 Å². The van der Waals surface area contributed by atoms with E-state index in [1.807, 2.05) is 0 Å². The summed E-state index contributed by atoms with van der Waals surface area (Å²) in [6, 6.07) is 7.71. The van der Waals surface area contributed by atoms with Crippen LogP contribution in [-0.2, 0) is 6.54 Å². The first-order chi connectivity index (χ1) is 9.13. The number of non-ortho nitro benzene ring substituents is 1. The van der Waals surface area contributed by atoms with Gasteiger partial charge in [0, 0.05) is 30.1 Å². The number of pyridine rings is 1. The van der Waals surface area contributed by atoms with Gasteiger partial charge >= 0.3 is 0 Å². The summed E-state index contributed by atoms with van der Waals surface area (Å²) < 4.78 is 1.69. The van der Waals surface area contributed by atoms with Crippen molar-refractivity contribution in [2.24, 2.45) is 0 Å². The molecule has 0 aliphatic heterocycles. The molecule has 0 saturated carbocycles. The molecule has 0 bridgehead atoms. The molecule has 0 aliphatic rings. The van der Waals surface area contributed by atoms with E-state index >= 15 is 0 Å². The zero-order valence-corrected chi connectivity index (χ0v) is 10.8. The number of aromatic nitrogens is 1. The minimum atomic E-state index is -0.425. The van der Waals surface area contributed by atoms with Crippen LogP contribution in [0.3, 0.4) is 0 Å². The Balaban J connectivity index is 2.47. The van der Waals surface area contributed by atoms with Crippen molar-refractivity contribution in [3.8, 4) is 0 Å². The molecule has 0 aliphatic carbocycles. The van der Waals surface area contributed by atoms with Gasteiger partial charge in [0.1, 0.15) is 0 Å². The maximum Gasteiger partial charge on any atom is 0.270 e. The molecular weight excluding hydrogens is 244 g/mol. The average Bonchev–Trinajstić information content (AvgIpc) is 2.40. The molecule has 100 valence electrons. The van der Waals surface area contributed by atoms with Gasteiger partial charge in [-0.2, -0.15) is 0 Å². The smallest absolute Gasteiger partial charge is 0.270 e. The molecule has 5 nitrogen and oxygen atoms in total. The van der Waals surface area contributed by atoms with Crippen LogP contribution in [0.5, 0.6) is 0 Å². The molecule has 0 saturated heterocycles. The molecule has 0 radical (unpaired) electrons. The molecule has 0 amide bonds. The molecule has 5 heteroatoms. The third-order valence-electron chi connectivity index (χ3n) is 3.17. The van der Waals surface area contributed by atoms with Crippen molar-refractivity contribution in [2.75, 3.05) is 0 Å². The van der Waals surface area contributed by atoms with Crippen molar-refractivity contribution in [1.29, 1.82) is 0 Å². The number of fused-ring (bicyclic) bond motifs is 1. The monoisotopic (exact) mass is 260 g/mol. The Kier molecular flexibility index (Phi) is 3.94. The zero-order chi connectivity index (χ0) is 13.8. The van der Waals surface area contributed by atoms with E-state index in [1.165, 1.54) is 18.2 Å². The second-order valence-corrected chi connectivity index (χ2v) is 4.53. The van der Waals surface area contributed by atoms with Crippen LogP contribution in [0.1, 0.15) is 26.2 Å². The second kappa shape index (κ2) is 5.65. The number of hydrogen-bond acceptors (Lipinski definition) is 3. The highest BCUT2D eigenvalue weighted by molar-refractivity contribution is 5.81. The van der Waals surface area contributed by atoms with Gasteiger partial charge in [-0.15, -0.1) is 0 Å². The lowest BCUT2D eigenvalue weighted by Gasteiger charge is -2.09. The van der Waals surface area contributed by atoms with Gasteiger partial charge in [-0.25, -0.2) is 0 Å². The van der Waals surface area contributed by atoms with Crippen molar-refractivity contribution >= 4 is 16.6 Å². The molecule has 1 aromatic carbocycles. The fraction of sp³-hybridized carbons (Fsp3) is 0.357. The van der Waals surface area contributed by atoms with Gasteiger partial charge in [0.05, 0.1) is 10.4 Å². The van der Waals surface area contributed by atoms with Crippen molar-refractivity contribution in [1.82, 2.24) is 4.57 Å². The van der Waals surface area contributed by atoms with E-state index in [-0.39, 0.29) is 11.2 Å². The van der Waals surface area contributed by atoms with Crippen molar-refractivity contribution in [3.05, 3.63) is 50.8 Å². The highest BCUT2D eigenvalue weighted by Gasteiger charge is 2.09. The first kappa shape index (κ1) is 13.3. The standard InChI is InChI=1S/C14H16N2O3/c1-2-3-4-9-15-13-7-6-12(16(18)19)10-11(13)5-8-14(15)17/h5-8,10H,2-4,9H2,1H3. The first-order valence-corrected chi connectivity index (χ1v) is 6.41. The molecule has 0 atom stereocenters. The lowest BCUT2D eigenvalue weighted by atomic mass is 10.2. The second-order valence-electron chi connectivity index (χ2n) is 4.53. The number of unbranched alkanes of at least 4 members (excludes halogenated alkanes) is 2. The minimum absolute atomic E-state index is 0.0475. The molecule has 19 heavy (non-hydrogen) atoms. The van der Waals surface area contributed by atoms with Gasteiger partial charge in [-0.05, 0) is 18.6 Å². The maximum atomic E-state index is 11.9. The van der Waals surface area contributed by atoms with E-state index in [0.717, 1.165) is 30.2 Å². The summed E-state index contributed by atoms with van der Waals surface area (Å²) in [5.41, 5.74) is 0.748. The Hall–Kier alpha value is -2.17. The predicted molar refractivity (Wildman–Crippen MR) is 74.4 cm³/mol. The normalized spacial score (nSPS) is 10.8. The molecule has 0 unspecified atom stereocenters. The van der Waals surface area contributed by atoms with E-state index in [4.69, 9.17) is 0 Å². The van der Waals surface area contributed by atoms with Crippen LogP contribution in [-0.4, -0.2) is 9.49 Å². The molecule has 2 aromatic rings. The fourth-order valence-electron chi connectivity index (χ4n) is 2.16. The van der Waals surface area contributed by atoms with Crippen molar-refractivity contribution in [3.63, 3.8) is 0 Å². The van der Waals surface area contributed by atoms with E-state index < -0.39 is 4.92 Å². The molecule has 0 spiro atoms. The summed E-state index contributed by atoms with van der Waals surface area (Å²) in [5, 5.41) is 11.5. The summed E-state index contributed by atoms with van der Waals surface area (Å²) in [4.78, 5) is 22.2. The Morgan fingerprint density at radius 2 is 2.00 bits per heavy atom. The number of nitrogens with zero attached hydrogens (tertiary/aromatic N) is 2. The first-order valence-electron chi connectivity index (χ1n) is 6.41. The van der Waals surface area contributed by atoms with Gasteiger partial charge < -0.3 is 4.57 Å². The fourth-order valence-corrected chi connectivity index (χ4v) is 2.16. The number of hydrogen-bond donors (Lipinski definition) is 0. The topological polar surface area (TPSA) is 65.1 Å². The molecule has 1 heterocycles. The number of benzene rings is 1. The summed E-state index contributed by atoms with van der Waals surface area (Å²) in [6.07, 6.45) is 3.09. The third kappa shape index (κ3) is 2.81. The van der Waals surface area contributed by atoms with Gasteiger partial charge in [-0.3, -0.25) is 14.9 Å². The summed E-state index contributed by atoms with van der Waals surface area (Å²) in [6.45, 7) is 2.76. The van der Waals surface area contributed by atoms with E-state index in [9.17, 15) is 14.9 Å². The van der Waals surface area contributed by atoms with Crippen LogP contribution in [0.4, 0.5) is 5.69 Å². The Morgan fingerprint density at radius 3 is 2.68 bits per heavy atom. The van der Waals surface area contributed by atoms with Gasteiger partial charge in [-0.1, -0.05) is 19.8 Å². The highest BCUT2D eigenvalue weighted by Crippen LogP contribution is 2.19. The molecule has 0 N–H and O–H groups in total. The number of rotatable bonds is 5. The highest BCUT2D eigenvalue weighted by atomic mass is 16.6. The summed E-state index contributed by atoms with van der Waals surface area (Å²) in [7, 11) is 0. The van der Waals surface area contributed by atoms with Crippen LogP contribution < -0.4 is 5.56 Å². The minimum Gasteiger partial charge on any atom is -0.308 e. The average molecular weight is 260 g/mol. The maximum absolute atomic E-state index is 11.9. The van der Waals surface area contributed by atoms with Crippen LogP contribution in [0.2, 0.25) is 0 Å². The van der Waals surface area contributed by atoms with Gasteiger partial charge in [0.25, 0.3) is 11.2 Å². The number of nitro groups is 1. The van der Waals surface area contributed by atoms with Crippen molar-refractivity contribution < 1.29 is 4.92 Å². The number of nitro benzene ring substituents is 1. The van der Waals surface area contributed by atoms with Crippen LogP contribution in [0.25, 0.3) is 10.9 Å². The SMILES string of the molecule is CCCCCn1c(=O)ccc2cc([N+](=O)[O-])ccc21. The third-order valence-corrected chi connectivity index (χ3v) is 3.17. The number of aryl methyl sites for hydroxylation is 1. The Bertz CT molecular complexity index is 661. The van der Waals surface area contributed by atoms with E-state index in [1.54, 1.807) is 16.7 Å². The zero-order valence-electron chi connectivity index (χ0n) is 10.8. The van der Waals surface area contributed by atoms with Crippen molar-refractivity contribution in [2.45, 2.75) is 32.7 Å². The van der Waals surface area contributed by atoms with E-state index in [0.29, 0.717) is 6.54 Å². The van der Waals surface area contributed by atoms with Gasteiger partial charge in [0.2, 0.25) is 0 Å². The Labute approximate surface area is 110 Å². The summed E-state index contributed by atoms with van der Waals surface area (Å²) in [5.74, 6) is 0. The van der Waals surface area contributed by atoms with E-state index in [2.05, 4.69) is 6.92 Å². The molecule has 2 rings (SSSR count). The lowest BCUT2D eigenvalue weighted by Crippen LogP contribution is -2.19. The molecular formula is C14H16N2O3. The molecule has 0 fully saturated rings. The van der Waals surface area contributed by atoms with Crippen LogP contribution in [0.15, 0.2) is 35.1 Å². The quantitative estimate of drug-likeness (QED) is 0.471. The lowest BCUT2D eigenvalue weighted by molar-refractivity contribution is -0.384. The predicted octanol–water partition coefficient (Wildman–Crippen LogP) is 3.10. The summed E-state index contributed by atoms with van der Waals surface area (Å²) >= 11 is 0.